The fourth-order valence-electron chi connectivity index (χ4n) is 4.49. The van der Waals surface area contributed by atoms with E-state index in [1.807, 2.05) is 6.20 Å². The molecular formula is C24H43IN6O. The van der Waals surface area contributed by atoms with Crippen LogP contribution in [0.2, 0.25) is 0 Å². The maximum atomic E-state index is 5.83. The molecule has 2 N–H and O–H groups in total. The van der Waals surface area contributed by atoms with Gasteiger partial charge in [0.25, 0.3) is 0 Å². The first-order chi connectivity index (χ1) is 14.9. The van der Waals surface area contributed by atoms with E-state index in [4.69, 9.17) is 14.7 Å². The standard InChI is InChI=1S/C24H42N6O.HI/c1-6-25-23(28-18-24(4,5)30-12-8-7-9-13-30)27-15-21-10-11-22(26-14-21)29-16-19(2)31-20(3)17-29;/h10-11,14,19-20H,6-9,12-13,15-18H2,1-5H3,(H2,25,27,28);1H. The number of guanidine groups is 1. The van der Waals surface area contributed by atoms with E-state index < -0.39 is 0 Å². The molecule has 0 saturated carbocycles. The molecule has 2 aliphatic rings. The number of aliphatic imine (C=N–C) groups is 1. The fraction of sp³-hybridized carbons (Fsp3) is 0.750. The van der Waals surface area contributed by atoms with Gasteiger partial charge in [-0.1, -0.05) is 12.5 Å². The Labute approximate surface area is 211 Å². The highest BCUT2D eigenvalue weighted by molar-refractivity contribution is 14.0. The molecule has 32 heavy (non-hydrogen) atoms. The molecule has 8 heteroatoms. The lowest BCUT2D eigenvalue weighted by Gasteiger charge is -2.41. The number of likely N-dealkylation sites (tertiary alicyclic amines) is 1. The Morgan fingerprint density at radius 1 is 1.12 bits per heavy atom. The zero-order valence-electron chi connectivity index (χ0n) is 20.6. The van der Waals surface area contributed by atoms with Crippen LogP contribution in [0.15, 0.2) is 23.3 Å². The minimum Gasteiger partial charge on any atom is -0.372 e. The van der Waals surface area contributed by atoms with Crippen LogP contribution in [0.4, 0.5) is 5.82 Å². The van der Waals surface area contributed by atoms with Crippen LogP contribution >= 0.6 is 24.0 Å². The summed E-state index contributed by atoms with van der Waals surface area (Å²) in [5.74, 6) is 1.88. The number of rotatable bonds is 7. The third-order valence-corrected chi connectivity index (χ3v) is 6.22. The second kappa shape index (κ2) is 12.9. The Balaban J connectivity index is 0.00000363. The largest absolute Gasteiger partial charge is 0.372 e. The smallest absolute Gasteiger partial charge is 0.191 e. The summed E-state index contributed by atoms with van der Waals surface area (Å²) in [5, 5.41) is 6.93. The van der Waals surface area contributed by atoms with Crippen molar-refractivity contribution in [3.63, 3.8) is 0 Å². The van der Waals surface area contributed by atoms with Crippen molar-refractivity contribution < 1.29 is 4.74 Å². The number of piperidine rings is 1. The summed E-state index contributed by atoms with van der Waals surface area (Å²) in [6.45, 7) is 17.5. The predicted molar refractivity (Wildman–Crippen MR) is 144 cm³/mol. The van der Waals surface area contributed by atoms with Gasteiger partial charge >= 0.3 is 0 Å². The average Bonchev–Trinajstić information content (AvgIpc) is 2.76. The second-order valence-electron chi connectivity index (χ2n) is 9.60. The number of pyridine rings is 1. The van der Waals surface area contributed by atoms with Crippen LogP contribution in [0.1, 0.15) is 59.4 Å². The molecular weight excluding hydrogens is 515 g/mol. The summed E-state index contributed by atoms with van der Waals surface area (Å²) in [7, 11) is 0. The molecule has 0 aliphatic carbocycles. The number of ether oxygens (including phenoxy) is 1. The molecule has 3 heterocycles. The summed E-state index contributed by atoms with van der Waals surface area (Å²) in [4.78, 5) is 14.4. The lowest BCUT2D eigenvalue weighted by molar-refractivity contribution is -0.00545. The number of nitrogens with one attached hydrogen (secondary N) is 2. The molecule has 0 aromatic carbocycles. The van der Waals surface area contributed by atoms with Gasteiger partial charge in [0.1, 0.15) is 5.82 Å². The Kier molecular flexibility index (Phi) is 11.0. The van der Waals surface area contributed by atoms with Crippen LogP contribution in [0, 0.1) is 0 Å². The van der Waals surface area contributed by atoms with Gasteiger partial charge < -0.3 is 20.3 Å². The topological polar surface area (TPSA) is 65.0 Å². The van der Waals surface area contributed by atoms with Gasteiger partial charge in [-0.2, -0.15) is 0 Å². The van der Waals surface area contributed by atoms with Crippen LogP contribution in [-0.2, 0) is 11.3 Å². The monoisotopic (exact) mass is 558 g/mol. The van der Waals surface area contributed by atoms with Crippen molar-refractivity contribution in [2.24, 2.45) is 4.99 Å². The van der Waals surface area contributed by atoms with E-state index in [0.29, 0.717) is 6.54 Å². The Bertz CT molecular complexity index is 695. The van der Waals surface area contributed by atoms with Gasteiger partial charge in [-0.25, -0.2) is 9.98 Å². The molecule has 0 radical (unpaired) electrons. The highest BCUT2D eigenvalue weighted by Gasteiger charge is 2.28. The fourth-order valence-corrected chi connectivity index (χ4v) is 4.49. The number of nitrogens with zero attached hydrogens (tertiary/aromatic N) is 4. The molecule has 1 aromatic heterocycles. The molecule has 2 unspecified atom stereocenters. The lowest BCUT2D eigenvalue weighted by Crippen LogP contribution is -2.54. The first kappa shape index (κ1) is 27.1. The maximum Gasteiger partial charge on any atom is 0.191 e. The van der Waals surface area contributed by atoms with Crippen molar-refractivity contribution in [2.75, 3.05) is 44.2 Å². The third kappa shape index (κ3) is 8.02. The molecule has 0 amide bonds. The molecule has 182 valence electrons. The van der Waals surface area contributed by atoms with E-state index >= 15 is 0 Å². The summed E-state index contributed by atoms with van der Waals surface area (Å²) < 4.78 is 5.83. The number of hydrogen-bond donors (Lipinski definition) is 2. The van der Waals surface area contributed by atoms with Crippen LogP contribution in [-0.4, -0.2) is 72.9 Å². The lowest BCUT2D eigenvalue weighted by atomic mass is 9.98. The van der Waals surface area contributed by atoms with Crippen LogP contribution in [0.5, 0.6) is 0 Å². The average molecular weight is 559 g/mol. The summed E-state index contributed by atoms with van der Waals surface area (Å²) in [6, 6.07) is 4.24. The quantitative estimate of drug-likeness (QED) is 0.303. The first-order valence-corrected chi connectivity index (χ1v) is 12.0. The SMILES string of the molecule is CCNC(=NCc1ccc(N2CC(C)OC(C)C2)nc1)NCC(C)(C)N1CCCCC1.I. The zero-order chi connectivity index (χ0) is 22.3. The normalized spacial score (nSPS) is 22.9. The van der Waals surface area contributed by atoms with E-state index in [1.54, 1.807) is 0 Å². The van der Waals surface area contributed by atoms with Gasteiger partial charge in [0, 0.05) is 37.9 Å². The number of hydrogen-bond acceptors (Lipinski definition) is 5. The Morgan fingerprint density at radius 2 is 1.81 bits per heavy atom. The van der Waals surface area contributed by atoms with E-state index in [2.05, 4.69) is 67.2 Å². The zero-order valence-corrected chi connectivity index (χ0v) is 22.9. The molecule has 2 fully saturated rings. The van der Waals surface area contributed by atoms with Crippen molar-refractivity contribution in [3.05, 3.63) is 23.9 Å². The van der Waals surface area contributed by atoms with Gasteiger partial charge in [-0.15, -0.1) is 24.0 Å². The highest BCUT2D eigenvalue weighted by Crippen LogP contribution is 2.20. The van der Waals surface area contributed by atoms with Crippen LogP contribution in [0.3, 0.4) is 0 Å². The van der Waals surface area contributed by atoms with Gasteiger partial charge in [0.2, 0.25) is 0 Å². The summed E-state index contributed by atoms with van der Waals surface area (Å²) >= 11 is 0. The summed E-state index contributed by atoms with van der Waals surface area (Å²) in [6.07, 6.45) is 6.40. The predicted octanol–water partition coefficient (Wildman–Crippen LogP) is 3.63. The molecule has 0 spiro atoms. The minimum absolute atomic E-state index is 0. The molecule has 2 aliphatic heterocycles. The Morgan fingerprint density at radius 3 is 2.41 bits per heavy atom. The van der Waals surface area contributed by atoms with Gasteiger partial charge in [-0.3, -0.25) is 4.90 Å². The highest BCUT2D eigenvalue weighted by atomic mass is 127. The van der Waals surface area contributed by atoms with Gasteiger partial charge in [0.05, 0.1) is 18.8 Å². The molecule has 1 aromatic rings. The molecule has 3 rings (SSSR count). The second-order valence-corrected chi connectivity index (χ2v) is 9.60. The van der Waals surface area contributed by atoms with Crippen molar-refractivity contribution in [2.45, 2.75) is 78.2 Å². The molecule has 2 atom stereocenters. The Hall–Kier alpha value is -1.13. The number of halogens is 1. The van der Waals surface area contributed by atoms with Crippen molar-refractivity contribution in [1.29, 1.82) is 0 Å². The molecule has 0 bridgehead atoms. The van der Waals surface area contributed by atoms with E-state index in [1.165, 1.54) is 32.4 Å². The van der Waals surface area contributed by atoms with Crippen molar-refractivity contribution in [1.82, 2.24) is 20.5 Å². The third-order valence-electron chi connectivity index (χ3n) is 6.22. The molecule has 2 saturated heterocycles. The number of morpholine rings is 1. The van der Waals surface area contributed by atoms with E-state index in [9.17, 15) is 0 Å². The number of aromatic nitrogens is 1. The maximum absolute atomic E-state index is 5.83. The van der Waals surface area contributed by atoms with Crippen molar-refractivity contribution >= 4 is 35.8 Å². The first-order valence-electron chi connectivity index (χ1n) is 12.0. The minimum atomic E-state index is 0. The summed E-state index contributed by atoms with van der Waals surface area (Å²) in [5.41, 5.74) is 1.23. The molecule has 7 nitrogen and oxygen atoms in total. The van der Waals surface area contributed by atoms with E-state index in [0.717, 1.165) is 43.5 Å². The van der Waals surface area contributed by atoms with Crippen LogP contribution in [0.25, 0.3) is 0 Å². The van der Waals surface area contributed by atoms with Crippen molar-refractivity contribution in [3.8, 4) is 0 Å². The van der Waals surface area contributed by atoms with E-state index in [-0.39, 0.29) is 41.7 Å². The van der Waals surface area contributed by atoms with Crippen LogP contribution < -0.4 is 15.5 Å². The van der Waals surface area contributed by atoms with Gasteiger partial charge in [-0.05, 0) is 72.2 Å². The number of anilines is 1. The van der Waals surface area contributed by atoms with Gasteiger partial charge in [0.15, 0.2) is 5.96 Å².